The second-order valence-corrected chi connectivity index (χ2v) is 11.3. The molecule has 47 heavy (non-hydrogen) atoms. The number of hydrogen-bond donors (Lipinski definition) is 10. The molecule has 0 aliphatic carbocycles. The zero-order valence-electron chi connectivity index (χ0n) is 26.0. The second-order valence-electron chi connectivity index (χ2n) is 11.3. The lowest BCUT2D eigenvalue weighted by atomic mass is 10.00. The summed E-state index contributed by atoms with van der Waals surface area (Å²) in [6.45, 7) is -0.0335. The van der Waals surface area contributed by atoms with Gasteiger partial charge in [-0.3, -0.25) is 34.2 Å². The maximum atomic E-state index is 13.8. The van der Waals surface area contributed by atoms with Crippen molar-refractivity contribution in [3.05, 3.63) is 48.0 Å². The van der Waals surface area contributed by atoms with Gasteiger partial charge in [-0.2, -0.15) is 0 Å². The lowest BCUT2D eigenvalue weighted by Crippen LogP contribution is -2.58. The maximum Gasteiger partial charge on any atom is 0.305 e. The SMILES string of the molecule is N=C(N)NCCC[C@@H]1NC(=O)[C@H](CCCCN)NC(=O)[C@@H](Cc2ccc3ccccc3c2)NC(=O)[C@H](CC(=O)O)NC(=O)CNC1=O. The quantitative estimate of drug-likeness (QED) is 0.0706. The number of rotatable bonds is 12. The number of carboxylic acids is 1. The van der Waals surface area contributed by atoms with Crippen molar-refractivity contribution >= 4 is 52.2 Å². The average molecular weight is 654 g/mol. The third-order valence-electron chi connectivity index (χ3n) is 7.54. The third kappa shape index (κ3) is 11.9. The van der Waals surface area contributed by atoms with Crippen LogP contribution in [-0.4, -0.2) is 90.4 Å². The van der Waals surface area contributed by atoms with Crippen LogP contribution in [0.2, 0.25) is 0 Å². The summed E-state index contributed by atoms with van der Waals surface area (Å²) >= 11 is 0. The highest BCUT2D eigenvalue weighted by Crippen LogP contribution is 2.17. The van der Waals surface area contributed by atoms with Gasteiger partial charge in [-0.05, 0) is 55.0 Å². The van der Waals surface area contributed by atoms with Crippen LogP contribution in [0.5, 0.6) is 0 Å². The van der Waals surface area contributed by atoms with Gasteiger partial charge in [-0.1, -0.05) is 42.5 Å². The molecular weight excluding hydrogens is 610 g/mol. The predicted octanol–water partition coefficient (Wildman–Crippen LogP) is -1.68. The van der Waals surface area contributed by atoms with Crippen molar-refractivity contribution in [3.8, 4) is 0 Å². The number of nitrogens with two attached hydrogens (primary N) is 2. The molecule has 0 unspecified atom stereocenters. The first kappa shape index (κ1) is 36.2. The normalized spacial score (nSPS) is 21.3. The Morgan fingerprint density at radius 2 is 1.43 bits per heavy atom. The number of hydrogen-bond acceptors (Lipinski definition) is 8. The van der Waals surface area contributed by atoms with E-state index < -0.39 is 72.6 Å². The summed E-state index contributed by atoms with van der Waals surface area (Å²) in [4.78, 5) is 78.2. The van der Waals surface area contributed by atoms with Crippen LogP contribution in [0.4, 0.5) is 0 Å². The topological polar surface area (TPSA) is 271 Å². The van der Waals surface area contributed by atoms with Crippen molar-refractivity contribution < 1.29 is 33.9 Å². The Morgan fingerprint density at radius 3 is 2.11 bits per heavy atom. The lowest BCUT2D eigenvalue weighted by Gasteiger charge is -2.26. The van der Waals surface area contributed by atoms with Crippen LogP contribution >= 0.6 is 0 Å². The average Bonchev–Trinajstić information content (AvgIpc) is 3.03. The van der Waals surface area contributed by atoms with Gasteiger partial charge >= 0.3 is 5.97 Å². The minimum absolute atomic E-state index is 0.0148. The Labute approximate surface area is 271 Å². The van der Waals surface area contributed by atoms with Crippen molar-refractivity contribution in [2.24, 2.45) is 11.5 Å². The van der Waals surface area contributed by atoms with Crippen LogP contribution < -0.4 is 43.4 Å². The molecule has 0 spiro atoms. The zero-order valence-corrected chi connectivity index (χ0v) is 26.0. The van der Waals surface area contributed by atoms with E-state index in [1.807, 2.05) is 36.4 Å². The van der Waals surface area contributed by atoms with Crippen molar-refractivity contribution in [2.45, 2.75) is 69.1 Å². The van der Waals surface area contributed by atoms with Crippen LogP contribution in [0.15, 0.2) is 42.5 Å². The Kier molecular flexibility index (Phi) is 13.9. The first-order valence-corrected chi connectivity index (χ1v) is 15.4. The summed E-state index contributed by atoms with van der Waals surface area (Å²) in [5.41, 5.74) is 11.7. The van der Waals surface area contributed by atoms with Gasteiger partial charge in [0.05, 0.1) is 13.0 Å². The fourth-order valence-corrected chi connectivity index (χ4v) is 5.11. The van der Waals surface area contributed by atoms with Crippen LogP contribution in [0, 0.1) is 5.41 Å². The molecular formula is C31H43N9O7. The first-order chi connectivity index (χ1) is 22.5. The minimum atomic E-state index is -1.57. The minimum Gasteiger partial charge on any atom is -0.481 e. The highest BCUT2D eigenvalue weighted by Gasteiger charge is 2.33. The molecule has 1 aliphatic heterocycles. The molecule has 4 atom stereocenters. The first-order valence-electron chi connectivity index (χ1n) is 15.4. The van der Waals surface area contributed by atoms with Crippen LogP contribution in [0.3, 0.4) is 0 Å². The van der Waals surface area contributed by atoms with E-state index in [0.717, 1.165) is 10.8 Å². The van der Waals surface area contributed by atoms with E-state index in [2.05, 4.69) is 31.9 Å². The van der Waals surface area contributed by atoms with Gasteiger partial charge in [0.25, 0.3) is 0 Å². The van der Waals surface area contributed by atoms with Crippen molar-refractivity contribution in [2.75, 3.05) is 19.6 Å². The summed E-state index contributed by atoms with van der Waals surface area (Å²) < 4.78 is 0. The highest BCUT2D eigenvalue weighted by atomic mass is 16.4. The van der Waals surface area contributed by atoms with Gasteiger partial charge in [-0.15, -0.1) is 0 Å². The Morgan fingerprint density at radius 1 is 0.809 bits per heavy atom. The number of fused-ring (bicyclic) bond motifs is 1. The predicted molar refractivity (Wildman–Crippen MR) is 173 cm³/mol. The molecule has 1 aliphatic rings. The van der Waals surface area contributed by atoms with Crippen LogP contribution in [0.1, 0.15) is 44.1 Å². The molecule has 1 heterocycles. The van der Waals surface area contributed by atoms with Crippen molar-refractivity contribution in [1.29, 1.82) is 5.41 Å². The molecule has 1 saturated heterocycles. The number of carboxylic acid groups (broad SMARTS) is 1. The summed E-state index contributed by atoms with van der Waals surface area (Å²) in [6.07, 6.45) is 0.795. The summed E-state index contributed by atoms with van der Waals surface area (Å²) in [7, 11) is 0. The van der Waals surface area contributed by atoms with Gasteiger partial charge in [0.1, 0.15) is 24.2 Å². The molecule has 0 bridgehead atoms. The van der Waals surface area contributed by atoms with E-state index >= 15 is 0 Å². The number of amides is 5. The molecule has 254 valence electrons. The van der Waals surface area contributed by atoms with E-state index in [-0.39, 0.29) is 31.8 Å². The molecule has 0 saturated carbocycles. The number of benzene rings is 2. The largest absolute Gasteiger partial charge is 0.481 e. The standard InChI is InChI=1S/C31H43N9O7/c32-12-4-3-8-22-28(45)38-21(9-5-13-35-31(33)34)27(44)36-17-25(41)37-24(16-26(42)43)30(47)40-23(29(46)39-22)15-18-10-11-19-6-1-2-7-20(19)14-18/h1-2,6-7,10-11,14,21-24H,3-5,8-9,12-13,15-17,32H2,(H,36,44)(H,37,41)(H,38,45)(H,39,46)(H,40,47)(H,42,43)(H4,33,34,35)/t21-,22-,23+,24-/m0/s1. The Balaban J connectivity index is 1.96. The lowest BCUT2D eigenvalue weighted by molar-refractivity contribution is -0.141. The van der Waals surface area contributed by atoms with Gasteiger partial charge in [0, 0.05) is 13.0 Å². The molecule has 5 amide bonds. The Bertz CT molecular complexity index is 1470. The van der Waals surface area contributed by atoms with Gasteiger partial charge in [-0.25, -0.2) is 0 Å². The van der Waals surface area contributed by atoms with Crippen LogP contribution in [-0.2, 0) is 35.2 Å². The zero-order chi connectivity index (χ0) is 34.3. The van der Waals surface area contributed by atoms with Crippen molar-refractivity contribution in [1.82, 2.24) is 31.9 Å². The summed E-state index contributed by atoms with van der Waals surface area (Å²) in [5.74, 6) is -5.52. The number of carbonyl (C=O) groups excluding carboxylic acids is 5. The second kappa shape index (κ2) is 18.0. The maximum absolute atomic E-state index is 13.8. The van der Waals surface area contributed by atoms with E-state index in [4.69, 9.17) is 16.9 Å². The molecule has 0 radical (unpaired) electrons. The molecule has 3 rings (SSSR count). The third-order valence-corrected chi connectivity index (χ3v) is 7.54. The van der Waals surface area contributed by atoms with Crippen molar-refractivity contribution in [3.63, 3.8) is 0 Å². The van der Waals surface area contributed by atoms with E-state index in [1.54, 1.807) is 6.07 Å². The molecule has 16 nitrogen and oxygen atoms in total. The summed E-state index contributed by atoms with van der Waals surface area (Å²) in [6, 6.07) is 8.00. The molecule has 0 aromatic heterocycles. The molecule has 2 aromatic carbocycles. The number of carbonyl (C=O) groups is 6. The number of guanidine groups is 1. The fourth-order valence-electron chi connectivity index (χ4n) is 5.11. The monoisotopic (exact) mass is 653 g/mol. The van der Waals surface area contributed by atoms with E-state index in [1.165, 1.54) is 0 Å². The van der Waals surface area contributed by atoms with E-state index in [0.29, 0.717) is 31.4 Å². The molecule has 1 fully saturated rings. The van der Waals surface area contributed by atoms with E-state index in [9.17, 15) is 33.9 Å². The molecule has 12 N–H and O–H groups in total. The smallest absolute Gasteiger partial charge is 0.305 e. The van der Waals surface area contributed by atoms with Gasteiger partial charge in [0.15, 0.2) is 5.96 Å². The summed E-state index contributed by atoms with van der Waals surface area (Å²) in [5, 5.41) is 33.9. The van der Waals surface area contributed by atoms with Gasteiger partial charge < -0.3 is 48.5 Å². The molecule has 2 aromatic rings. The van der Waals surface area contributed by atoms with Crippen LogP contribution in [0.25, 0.3) is 10.8 Å². The number of nitrogens with one attached hydrogen (secondary N) is 7. The van der Waals surface area contributed by atoms with Gasteiger partial charge in [0.2, 0.25) is 29.5 Å². The number of aliphatic carboxylic acids is 1. The molecule has 16 heteroatoms. The number of unbranched alkanes of at least 4 members (excludes halogenated alkanes) is 1. The highest BCUT2D eigenvalue weighted by molar-refractivity contribution is 5.98. The Hall–Kier alpha value is -5.25. The fraction of sp³-hybridized carbons (Fsp3) is 0.452.